The molecule has 2 aromatic carbocycles. The van der Waals surface area contributed by atoms with Crippen molar-refractivity contribution in [3.63, 3.8) is 0 Å². The minimum Gasteiger partial charge on any atom is -0.0801 e. The van der Waals surface area contributed by atoms with E-state index in [1.165, 1.54) is 11.1 Å². The molecule has 0 bridgehead atoms. The van der Waals surface area contributed by atoms with E-state index in [1.54, 1.807) is 0 Å². The molecule has 84 valence electrons. The van der Waals surface area contributed by atoms with E-state index >= 15 is 0 Å². The molecule has 0 aliphatic rings. The molecule has 0 unspecified atom stereocenters. The first-order valence-corrected chi connectivity index (χ1v) is 5.87. The van der Waals surface area contributed by atoms with Crippen LogP contribution in [0, 0.1) is 0 Å². The minimum atomic E-state index is 0.986. The van der Waals surface area contributed by atoms with Gasteiger partial charge in [-0.2, -0.15) is 0 Å². The van der Waals surface area contributed by atoms with Gasteiger partial charge in [0.05, 0.1) is 0 Å². The molecule has 0 heteroatoms. The van der Waals surface area contributed by atoms with Gasteiger partial charge in [0, 0.05) is 0 Å². The summed E-state index contributed by atoms with van der Waals surface area (Å²) in [5.74, 6) is 0. The Balaban J connectivity index is 1.85. The molecule has 0 heterocycles. The van der Waals surface area contributed by atoms with Gasteiger partial charge < -0.3 is 0 Å². The topological polar surface area (TPSA) is 0 Å². The van der Waals surface area contributed by atoms with Gasteiger partial charge in [0.15, 0.2) is 0 Å². The molecule has 0 saturated carbocycles. The van der Waals surface area contributed by atoms with Crippen LogP contribution in [-0.4, -0.2) is 0 Å². The Labute approximate surface area is 103 Å². The Morgan fingerprint density at radius 3 is 2.06 bits per heavy atom. The van der Waals surface area contributed by atoms with E-state index in [0.717, 1.165) is 6.42 Å². The maximum Gasteiger partial charge on any atom is -0.00943 e. The van der Waals surface area contributed by atoms with Crippen molar-refractivity contribution >= 4 is 6.08 Å². The van der Waals surface area contributed by atoms with Crippen molar-refractivity contribution in [3.8, 4) is 0 Å². The molecule has 0 amide bonds. The zero-order valence-electron chi connectivity index (χ0n) is 9.79. The molecule has 0 aromatic heterocycles. The number of benzene rings is 2. The van der Waals surface area contributed by atoms with Gasteiger partial charge in [0.2, 0.25) is 0 Å². The normalized spacial score (nSPS) is 11.3. The van der Waals surface area contributed by atoms with E-state index in [9.17, 15) is 0 Å². The van der Waals surface area contributed by atoms with Crippen molar-refractivity contribution < 1.29 is 0 Å². The minimum absolute atomic E-state index is 0.986. The van der Waals surface area contributed by atoms with Crippen LogP contribution in [0.1, 0.15) is 11.1 Å². The lowest BCUT2D eigenvalue weighted by Crippen LogP contribution is -1.77. The summed E-state index contributed by atoms with van der Waals surface area (Å²) in [5, 5.41) is 0. The molecule has 0 spiro atoms. The molecular weight excluding hydrogens is 204 g/mol. The summed E-state index contributed by atoms with van der Waals surface area (Å²) in [5.41, 5.74) is 2.58. The van der Waals surface area contributed by atoms with Crippen LogP contribution in [0.5, 0.6) is 0 Å². The van der Waals surface area contributed by atoms with E-state index < -0.39 is 0 Å². The van der Waals surface area contributed by atoms with Gasteiger partial charge in [-0.05, 0) is 17.5 Å². The maximum atomic E-state index is 2.18. The monoisotopic (exact) mass is 220 g/mol. The van der Waals surface area contributed by atoms with Gasteiger partial charge in [-0.3, -0.25) is 0 Å². The Morgan fingerprint density at radius 1 is 0.706 bits per heavy atom. The first-order chi connectivity index (χ1) is 8.45. The second-order valence-electron chi connectivity index (χ2n) is 3.89. The molecular formula is C17H16. The second kappa shape index (κ2) is 6.49. The lowest BCUT2D eigenvalue weighted by molar-refractivity contribution is 1.27. The SMILES string of the molecule is C(=C/Cc1ccccc1)/C=C/c1ccccc1. The molecule has 0 fully saturated rings. The molecule has 0 saturated heterocycles. The zero-order valence-corrected chi connectivity index (χ0v) is 9.79. The Kier molecular flexibility index (Phi) is 4.36. The Bertz CT molecular complexity index is 478. The number of hydrogen-bond acceptors (Lipinski definition) is 0. The van der Waals surface area contributed by atoms with Crippen molar-refractivity contribution in [3.05, 3.63) is 90.0 Å². The third-order valence-electron chi connectivity index (χ3n) is 2.53. The largest absolute Gasteiger partial charge is 0.0801 e. The summed E-state index contributed by atoms with van der Waals surface area (Å²) in [6.07, 6.45) is 9.45. The van der Waals surface area contributed by atoms with Crippen molar-refractivity contribution in [2.45, 2.75) is 6.42 Å². The lowest BCUT2D eigenvalue weighted by atomic mass is 10.1. The van der Waals surface area contributed by atoms with Crippen molar-refractivity contribution in [2.24, 2.45) is 0 Å². The van der Waals surface area contributed by atoms with E-state index in [2.05, 4.69) is 60.7 Å². The van der Waals surface area contributed by atoms with Crippen LogP contribution >= 0.6 is 0 Å². The molecule has 2 rings (SSSR count). The van der Waals surface area contributed by atoms with Gasteiger partial charge >= 0.3 is 0 Å². The molecule has 0 aliphatic heterocycles. The Morgan fingerprint density at radius 2 is 1.35 bits per heavy atom. The standard InChI is InChI=1S/C17H16/c1-4-10-16(11-5-1)14-8-3-9-15-17-12-6-2-7-13-17/h1-14H,15H2/b9-3-,14-8+. The highest BCUT2D eigenvalue weighted by atomic mass is 13.9. The molecule has 0 aliphatic carbocycles. The molecule has 0 N–H and O–H groups in total. The predicted molar refractivity (Wildman–Crippen MR) is 74.8 cm³/mol. The van der Waals surface area contributed by atoms with E-state index in [-0.39, 0.29) is 0 Å². The second-order valence-corrected chi connectivity index (χ2v) is 3.89. The van der Waals surface area contributed by atoms with Gasteiger partial charge in [-0.25, -0.2) is 0 Å². The van der Waals surface area contributed by atoms with Gasteiger partial charge in [0.25, 0.3) is 0 Å². The number of rotatable bonds is 4. The number of allylic oxidation sites excluding steroid dienone is 3. The molecule has 0 nitrogen and oxygen atoms in total. The average Bonchev–Trinajstić information content (AvgIpc) is 2.41. The van der Waals surface area contributed by atoms with Crippen LogP contribution in [0.4, 0.5) is 0 Å². The molecule has 0 radical (unpaired) electrons. The average molecular weight is 220 g/mol. The van der Waals surface area contributed by atoms with Gasteiger partial charge in [-0.15, -0.1) is 0 Å². The smallest absolute Gasteiger partial charge is 0.00943 e. The molecule has 0 atom stereocenters. The quantitative estimate of drug-likeness (QED) is 0.665. The van der Waals surface area contributed by atoms with E-state index in [4.69, 9.17) is 0 Å². The lowest BCUT2D eigenvalue weighted by Gasteiger charge is -1.93. The fraction of sp³-hybridized carbons (Fsp3) is 0.0588. The predicted octanol–water partition coefficient (Wildman–Crippen LogP) is 4.50. The highest BCUT2D eigenvalue weighted by molar-refractivity contribution is 5.50. The molecule has 17 heavy (non-hydrogen) atoms. The first kappa shape index (κ1) is 11.4. The summed E-state index contributed by atoms with van der Waals surface area (Å²) in [6.45, 7) is 0. The summed E-state index contributed by atoms with van der Waals surface area (Å²) < 4.78 is 0. The molecule has 2 aromatic rings. The van der Waals surface area contributed by atoms with Crippen molar-refractivity contribution in [1.29, 1.82) is 0 Å². The van der Waals surface area contributed by atoms with E-state index in [0.29, 0.717) is 0 Å². The fourth-order valence-electron chi connectivity index (χ4n) is 1.63. The van der Waals surface area contributed by atoms with Crippen LogP contribution in [0.15, 0.2) is 78.9 Å². The summed E-state index contributed by atoms with van der Waals surface area (Å²) in [4.78, 5) is 0. The third kappa shape index (κ3) is 4.12. The van der Waals surface area contributed by atoms with Crippen LogP contribution in [-0.2, 0) is 6.42 Å². The third-order valence-corrected chi connectivity index (χ3v) is 2.53. The van der Waals surface area contributed by atoms with Crippen LogP contribution in [0.25, 0.3) is 6.08 Å². The summed E-state index contributed by atoms with van der Waals surface area (Å²) >= 11 is 0. The zero-order chi connectivity index (χ0) is 11.8. The summed E-state index contributed by atoms with van der Waals surface area (Å²) in [7, 11) is 0. The Hall–Kier alpha value is -2.08. The highest BCUT2D eigenvalue weighted by Gasteiger charge is 1.84. The van der Waals surface area contributed by atoms with Gasteiger partial charge in [0.1, 0.15) is 0 Å². The van der Waals surface area contributed by atoms with Crippen molar-refractivity contribution in [1.82, 2.24) is 0 Å². The van der Waals surface area contributed by atoms with Crippen LogP contribution < -0.4 is 0 Å². The van der Waals surface area contributed by atoms with Gasteiger partial charge in [-0.1, -0.05) is 85.0 Å². The maximum absolute atomic E-state index is 2.18. The highest BCUT2D eigenvalue weighted by Crippen LogP contribution is 2.02. The van der Waals surface area contributed by atoms with Crippen LogP contribution in [0.2, 0.25) is 0 Å². The first-order valence-electron chi connectivity index (χ1n) is 5.87. The van der Waals surface area contributed by atoms with Crippen molar-refractivity contribution in [2.75, 3.05) is 0 Å². The van der Waals surface area contributed by atoms with Crippen LogP contribution in [0.3, 0.4) is 0 Å². The fourth-order valence-corrected chi connectivity index (χ4v) is 1.63. The summed E-state index contributed by atoms with van der Waals surface area (Å²) in [6, 6.07) is 20.8. The number of hydrogen-bond donors (Lipinski definition) is 0. The van der Waals surface area contributed by atoms with E-state index in [1.807, 2.05) is 24.3 Å².